The van der Waals surface area contributed by atoms with Crippen molar-refractivity contribution in [2.75, 3.05) is 0 Å². The molecule has 0 saturated carbocycles. The normalized spacial score (nSPS) is 12.7. The molecule has 0 radical (unpaired) electrons. The minimum atomic E-state index is -0.0471. The van der Waals surface area contributed by atoms with E-state index in [1.165, 1.54) is 0 Å². The Morgan fingerprint density at radius 1 is 1.53 bits per heavy atom. The number of nitrogens with zero attached hydrogens (tertiary/aromatic N) is 1. The Kier molecular flexibility index (Phi) is 4.20. The number of aryl methyl sites for hydroxylation is 1. The second-order valence-electron chi connectivity index (χ2n) is 3.87. The van der Waals surface area contributed by atoms with Crippen LogP contribution >= 0.6 is 38.9 Å². The zero-order chi connectivity index (χ0) is 12.4. The van der Waals surface area contributed by atoms with Gasteiger partial charge in [-0.2, -0.15) is 0 Å². The summed E-state index contributed by atoms with van der Waals surface area (Å²) >= 11 is 11.0. The van der Waals surface area contributed by atoms with E-state index in [-0.39, 0.29) is 6.04 Å². The zero-order valence-corrected chi connectivity index (χ0v) is 12.4. The molecule has 5 heteroatoms. The predicted octanol–water partition coefficient (Wildman–Crippen LogP) is 4.11. The lowest BCUT2D eigenvalue weighted by molar-refractivity contribution is 0.716. The minimum Gasteiger partial charge on any atom is -0.324 e. The lowest BCUT2D eigenvalue weighted by Crippen LogP contribution is -2.13. The summed E-state index contributed by atoms with van der Waals surface area (Å²) in [4.78, 5) is 4.42. The van der Waals surface area contributed by atoms with Crippen molar-refractivity contribution in [2.45, 2.75) is 19.4 Å². The SMILES string of the molecule is Cc1csc(CC(N)c2ccc(Cl)c(Br)c2)n1. The molecule has 1 aromatic carbocycles. The molecule has 1 atom stereocenters. The second-order valence-corrected chi connectivity index (χ2v) is 6.07. The highest BCUT2D eigenvalue weighted by Gasteiger charge is 2.10. The molecule has 0 bridgehead atoms. The third-order valence-electron chi connectivity index (χ3n) is 2.43. The minimum absolute atomic E-state index is 0.0471. The Hall–Kier alpha value is -0.420. The number of hydrogen-bond acceptors (Lipinski definition) is 3. The maximum Gasteiger partial charge on any atom is 0.0947 e. The molecule has 1 heterocycles. The highest BCUT2D eigenvalue weighted by atomic mass is 79.9. The molecule has 2 N–H and O–H groups in total. The van der Waals surface area contributed by atoms with Crippen molar-refractivity contribution >= 4 is 38.9 Å². The molecule has 17 heavy (non-hydrogen) atoms. The van der Waals surface area contributed by atoms with Crippen LogP contribution in [0.15, 0.2) is 28.1 Å². The maximum atomic E-state index is 6.16. The van der Waals surface area contributed by atoms with Gasteiger partial charge in [-0.1, -0.05) is 17.7 Å². The van der Waals surface area contributed by atoms with Crippen LogP contribution in [0, 0.1) is 6.92 Å². The number of halogens is 2. The number of hydrogen-bond donors (Lipinski definition) is 1. The number of thiazole rings is 1. The maximum absolute atomic E-state index is 6.16. The average molecular weight is 332 g/mol. The van der Waals surface area contributed by atoms with Crippen LogP contribution in [0.2, 0.25) is 5.02 Å². The van der Waals surface area contributed by atoms with Crippen molar-refractivity contribution in [1.82, 2.24) is 4.98 Å². The summed E-state index contributed by atoms with van der Waals surface area (Å²) in [5.74, 6) is 0. The highest BCUT2D eigenvalue weighted by Crippen LogP contribution is 2.27. The molecule has 0 spiro atoms. The molecule has 0 fully saturated rings. The molecule has 0 aliphatic rings. The molecule has 0 aliphatic carbocycles. The van der Waals surface area contributed by atoms with E-state index in [4.69, 9.17) is 17.3 Å². The first-order valence-electron chi connectivity index (χ1n) is 5.18. The van der Waals surface area contributed by atoms with Crippen LogP contribution in [0.25, 0.3) is 0 Å². The van der Waals surface area contributed by atoms with Crippen LogP contribution in [-0.2, 0) is 6.42 Å². The van der Waals surface area contributed by atoms with Crippen molar-refractivity contribution in [1.29, 1.82) is 0 Å². The van der Waals surface area contributed by atoms with Crippen LogP contribution in [0.5, 0.6) is 0 Å². The third-order valence-corrected chi connectivity index (χ3v) is 4.64. The molecular weight excluding hydrogens is 320 g/mol. The Labute approximate surface area is 118 Å². The van der Waals surface area contributed by atoms with Crippen molar-refractivity contribution in [3.63, 3.8) is 0 Å². The van der Waals surface area contributed by atoms with Gasteiger partial charge in [0.05, 0.1) is 10.0 Å². The van der Waals surface area contributed by atoms with Gasteiger partial charge in [0.2, 0.25) is 0 Å². The summed E-state index contributed by atoms with van der Waals surface area (Å²) < 4.78 is 0.877. The number of nitrogens with two attached hydrogens (primary N) is 1. The van der Waals surface area contributed by atoms with E-state index in [9.17, 15) is 0 Å². The molecule has 1 unspecified atom stereocenters. The summed E-state index contributed by atoms with van der Waals surface area (Å²) in [6.07, 6.45) is 0.757. The van der Waals surface area contributed by atoms with E-state index >= 15 is 0 Å². The number of aromatic nitrogens is 1. The number of benzene rings is 1. The summed E-state index contributed by atoms with van der Waals surface area (Å²) in [5, 5.41) is 3.81. The van der Waals surface area contributed by atoms with Crippen molar-refractivity contribution < 1.29 is 0 Å². The van der Waals surface area contributed by atoms with E-state index in [2.05, 4.69) is 20.9 Å². The van der Waals surface area contributed by atoms with E-state index < -0.39 is 0 Å². The summed E-state index contributed by atoms with van der Waals surface area (Å²) in [6, 6.07) is 5.73. The average Bonchev–Trinajstić information content (AvgIpc) is 2.68. The zero-order valence-electron chi connectivity index (χ0n) is 9.28. The Morgan fingerprint density at radius 2 is 2.29 bits per heavy atom. The van der Waals surface area contributed by atoms with E-state index in [0.717, 1.165) is 27.2 Å². The predicted molar refractivity (Wildman–Crippen MR) is 76.6 cm³/mol. The fourth-order valence-electron chi connectivity index (χ4n) is 1.55. The number of rotatable bonds is 3. The van der Waals surface area contributed by atoms with E-state index in [1.54, 1.807) is 11.3 Å². The first-order chi connectivity index (χ1) is 8.06. The Bertz CT molecular complexity index is 527. The van der Waals surface area contributed by atoms with Gasteiger partial charge in [-0.3, -0.25) is 0 Å². The quantitative estimate of drug-likeness (QED) is 0.919. The molecule has 2 rings (SSSR count). The van der Waals surface area contributed by atoms with Gasteiger partial charge in [-0.05, 0) is 40.5 Å². The fraction of sp³-hybridized carbons (Fsp3) is 0.250. The highest BCUT2D eigenvalue weighted by molar-refractivity contribution is 9.10. The van der Waals surface area contributed by atoms with Gasteiger partial charge in [0.1, 0.15) is 0 Å². The van der Waals surface area contributed by atoms with Crippen molar-refractivity contribution in [3.05, 3.63) is 49.3 Å². The Morgan fingerprint density at radius 3 is 2.88 bits per heavy atom. The summed E-state index contributed by atoms with van der Waals surface area (Å²) in [7, 11) is 0. The van der Waals surface area contributed by atoms with Gasteiger partial charge in [0, 0.05) is 28.0 Å². The molecule has 0 aliphatic heterocycles. The van der Waals surface area contributed by atoms with Crippen LogP contribution in [0.4, 0.5) is 0 Å². The van der Waals surface area contributed by atoms with Crippen molar-refractivity contribution in [3.8, 4) is 0 Å². The van der Waals surface area contributed by atoms with Gasteiger partial charge in [0.15, 0.2) is 0 Å². The molecule has 0 amide bonds. The molecule has 2 aromatic rings. The van der Waals surface area contributed by atoms with E-state index in [0.29, 0.717) is 5.02 Å². The lowest BCUT2D eigenvalue weighted by Gasteiger charge is -2.11. The monoisotopic (exact) mass is 330 g/mol. The topological polar surface area (TPSA) is 38.9 Å². The van der Waals surface area contributed by atoms with Gasteiger partial charge < -0.3 is 5.73 Å². The van der Waals surface area contributed by atoms with Crippen LogP contribution < -0.4 is 5.73 Å². The van der Waals surface area contributed by atoms with Gasteiger partial charge in [0.25, 0.3) is 0 Å². The standard InChI is InChI=1S/C12H12BrClN2S/c1-7-6-17-12(16-7)5-11(15)8-2-3-10(14)9(13)4-8/h2-4,6,11H,5,15H2,1H3. The third kappa shape index (κ3) is 3.28. The molecule has 2 nitrogen and oxygen atoms in total. The Balaban J connectivity index is 2.14. The molecule has 0 saturated heterocycles. The van der Waals surface area contributed by atoms with Gasteiger partial charge in [-0.25, -0.2) is 4.98 Å². The molecule has 1 aromatic heterocycles. The molecule has 90 valence electrons. The molecular formula is C12H12BrClN2S. The summed E-state index contributed by atoms with van der Waals surface area (Å²) in [5.41, 5.74) is 8.27. The fourth-order valence-corrected chi connectivity index (χ4v) is 2.89. The largest absolute Gasteiger partial charge is 0.324 e. The first-order valence-corrected chi connectivity index (χ1v) is 7.23. The smallest absolute Gasteiger partial charge is 0.0947 e. The second kappa shape index (κ2) is 5.48. The summed E-state index contributed by atoms with van der Waals surface area (Å²) in [6.45, 7) is 1.99. The van der Waals surface area contributed by atoms with Crippen LogP contribution in [-0.4, -0.2) is 4.98 Å². The van der Waals surface area contributed by atoms with Crippen LogP contribution in [0.3, 0.4) is 0 Å². The lowest BCUT2D eigenvalue weighted by atomic mass is 10.1. The van der Waals surface area contributed by atoms with Gasteiger partial charge >= 0.3 is 0 Å². The van der Waals surface area contributed by atoms with Crippen molar-refractivity contribution in [2.24, 2.45) is 5.73 Å². The van der Waals surface area contributed by atoms with E-state index in [1.807, 2.05) is 30.5 Å². The first kappa shape index (κ1) is 13.0. The van der Waals surface area contributed by atoms with Crippen LogP contribution in [0.1, 0.15) is 22.3 Å². The van der Waals surface area contributed by atoms with Gasteiger partial charge in [-0.15, -0.1) is 11.3 Å².